The second-order valence-electron chi connectivity index (χ2n) is 18.0. The van der Waals surface area contributed by atoms with Gasteiger partial charge in [-0.1, -0.05) is 53.9 Å². The Morgan fingerprint density at radius 2 is 1.51 bits per heavy atom. The molecule has 1 unspecified atom stereocenters. The lowest BCUT2D eigenvalue weighted by Crippen LogP contribution is -2.64. The molecular formula is C36H59F2N5O7S. The minimum Gasteiger partial charge on any atom is -0.347 e. The average molecular weight is 744 g/mol. The van der Waals surface area contributed by atoms with E-state index in [1.165, 1.54) is 4.90 Å². The van der Waals surface area contributed by atoms with Gasteiger partial charge in [0.25, 0.3) is 5.91 Å². The number of nitrogens with zero attached hydrogens (tertiary/aromatic N) is 1. The van der Waals surface area contributed by atoms with E-state index in [-0.39, 0.29) is 48.4 Å². The van der Waals surface area contributed by atoms with Gasteiger partial charge in [0.05, 0.1) is 22.1 Å². The maximum absolute atomic E-state index is 14.4. The van der Waals surface area contributed by atoms with Crippen molar-refractivity contribution in [3.8, 4) is 0 Å². The summed E-state index contributed by atoms with van der Waals surface area (Å²) in [5.41, 5.74) is -2.13. The predicted molar refractivity (Wildman–Crippen MR) is 188 cm³/mol. The third-order valence-electron chi connectivity index (χ3n) is 11.4. The molecule has 4 aliphatic rings. The standard InChI is InChI=1S/C36H59F2N5O7S/c1-33(2,3)28(41-32(48)42-36(17-10-9-11-18-36)20-51(49,50)34(4,5)6)31(47)43-19-22-25(35(22,7)8)26(43)29(45)40-23(13-12-14-24(37)38)27(44)30(46)39-21-15-16-21/h21-26,28H,9-20H2,1-8H3,(H,39,46)(H,40,45)(H2,41,42,48)/t22-,23?,25-,26-,28+/m0/s1. The first kappa shape index (κ1) is 40.9. The molecule has 51 heavy (non-hydrogen) atoms. The fourth-order valence-electron chi connectivity index (χ4n) is 7.79. The largest absolute Gasteiger partial charge is 0.347 e. The van der Waals surface area contributed by atoms with Crippen LogP contribution in [0, 0.1) is 22.7 Å². The molecule has 4 rings (SSSR count). The van der Waals surface area contributed by atoms with Crippen molar-refractivity contribution in [1.29, 1.82) is 0 Å². The van der Waals surface area contributed by atoms with E-state index in [0.717, 1.165) is 32.1 Å². The number of likely N-dealkylation sites (tertiary alicyclic amines) is 1. The number of alkyl halides is 2. The number of halogens is 2. The van der Waals surface area contributed by atoms with Gasteiger partial charge >= 0.3 is 6.03 Å². The summed E-state index contributed by atoms with van der Waals surface area (Å²) in [6, 6.07) is -4.27. The molecule has 3 aliphatic carbocycles. The van der Waals surface area contributed by atoms with E-state index in [1.807, 2.05) is 13.8 Å². The Morgan fingerprint density at radius 1 is 0.902 bits per heavy atom. The van der Waals surface area contributed by atoms with Crippen molar-refractivity contribution in [3.63, 3.8) is 0 Å². The highest BCUT2D eigenvalue weighted by atomic mass is 32.2. The highest BCUT2D eigenvalue weighted by Crippen LogP contribution is 2.65. The lowest BCUT2D eigenvalue weighted by molar-refractivity contribution is -0.145. The highest BCUT2D eigenvalue weighted by Gasteiger charge is 2.70. The van der Waals surface area contributed by atoms with E-state index in [1.54, 1.807) is 41.5 Å². The number of ketones is 1. The zero-order chi connectivity index (χ0) is 38.3. The van der Waals surface area contributed by atoms with Crippen LogP contribution in [0.25, 0.3) is 0 Å². The van der Waals surface area contributed by atoms with Crippen LogP contribution in [-0.2, 0) is 29.0 Å². The van der Waals surface area contributed by atoms with Crippen LogP contribution in [0.3, 0.4) is 0 Å². The zero-order valence-corrected chi connectivity index (χ0v) is 32.3. The summed E-state index contributed by atoms with van der Waals surface area (Å²) in [4.78, 5) is 69.5. The number of nitrogens with one attached hydrogen (secondary N) is 4. The van der Waals surface area contributed by atoms with Crippen molar-refractivity contribution >= 4 is 39.4 Å². The molecule has 1 aliphatic heterocycles. The normalized spacial score (nSPS) is 25.3. The van der Waals surface area contributed by atoms with Crippen LogP contribution < -0.4 is 21.3 Å². The summed E-state index contributed by atoms with van der Waals surface area (Å²) in [7, 11) is -3.60. The van der Waals surface area contributed by atoms with Crippen molar-refractivity contribution in [2.24, 2.45) is 22.7 Å². The molecule has 0 aromatic rings. The molecule has 0 aromatic heterocycles. The summed E-state index contributed by atoms with van der Waals surface area (Å²) in [5.74, 6) is -3.48. The van der Waals surface area contributed by atoms with E-state index in [9.17, 15) is 41.2 Å². The maximum atomic E-state index is 14.4. The smallest absolute Gasteiger partial charge is 0.315 e. The number of fused-ring (bicyclic) bond motifs is 1. The molecule has 15 heteroatoms. The van der Waals surface area contributed by atoms with Crippen molar-refractivity contribution in [2.75, 3.05) is 12.3 Å². The number of hydrogen-bond acceptors (Lipinski definition) is 7. The van der Waals surface area contributed by atoms with Crippen LogP contribution in [0.15, 0.2) is 0 Å². The van der Waals surface area contributed by atoms with Crippen LogP contribution in [0.1, 0.15) is 120 Å². The van der Waals surface area contributed by atoms with Gasteiger partial charge in [-0.25, -0.2) is 22.0 Å². The van der Waals surface area contributed by atoms with Crippen LogP contribution in [0.5, 0.6) is 0 Å². The maximum Gasteiger partial charge on any atom is 0.315 e. The minimum atomic E-state index is -3.60. The van der Waals surface area contributed by atoms with Crippen molar-refractivity contribution in [2.45, 2.75) is 160 Å². The lowest BCUT2D eigenvalue weighted by Gasteiger charge is -2.41. The number of Topliss-reactive ketones (excluding diaryl/α,β-unsaturated/α-hetero) is 1. The van der Waals surface area contributed by atoms with Gasteiger partial charge in [-0.2, -0.15) is 0 Å². The van der Waals surface area contributed by atoms with Crippen molar-refractivity contribution < 1.29 is 41.2 Å². The van der Waals surface area contributed by atoms with Gasteiger partial charge in [0.2, 0.25) is 24.0 Å². The van der Waals surface area contributed by atoms with E-state index >= 15 is 0 Å². The third kappa shape index (κ3) is 9.59. The van der Waals surface area contributed by atoms with Crippen LogP contribution in [0.4, 0.5) is 13.6 Å². The summed E-state index contributed by atoms with van der Waals surface area (Å²) in [5, 5.41) is 11.0. The van der Waals surface area contributed by atoms with E-state index in [4.69, 9.17) is 0 Å². The first-order valence-electron chi connectivity index (χ1n) is 18.4. The Balaban J connectivity index is 1.55. The van der Waals surface area contributed by atoms with Gasteiger partial charge in [-0.3, -0.25) is 19.2 Å². The number of sulfone groups is 1. The van der Waals surface area contributed by atoms with Gasteiger partial charge in [0.1, 0.15) is 12.1 Å². The summed E-state index contributed by atoms with van der Waals surface area (Å²) in [6.45, 7) is 14.4. The molecule has 290 valence electrons. The molecule has 0 aromatic carbocycles. The molecular weight excluding hydrogens is 684 g/mol. The molecule has 4 N–H and O–H groups in total. The van der Waals surface area contributed by atoms with Gasteiger partial charge in [-0.15, -0.1) is 0 Å². The topological polar surface area (TPSA) is 171 Å². The third-order valence-corrected chi connectivity index (χ3v) is 14.2. The zero-order valence-electron chi connectivity index (χ0n) is 31.5. The minimum absolute atomic E-state index is 0.0362. The second-order valence-corrected chi connectivity index (χ2v) is 20.7. The predicted octanol–water partition coefficient (Wildman–Crippen LogP) is 3.87. The van der Waals surface area contributed by atoms with E-state index in [0.29, 0.717) is 12.8 Å². The Bertz CT molecular complexity index is 1460. The average Bonchev–Trinajstić information content (AvgIpc) is 3.84. The molecule has 1 heterocycles. The van der Waals surface area contributed by atoms with E-state index in [2.05, 4.69) is 21.3 Å². The number of hydrogen-bond donors (Lipinski definition) is 4. The van der Waals surface area contributed by atoms with Gasteiger partial charge in [-0.05, 0) is 82.0 Å². The fourth-order valence-corrected chi connectivity index (χ4v) is 9.32. The fraction of sp³-hybridized carbons (Fsp3) is 0.861. The van der Waals surface area contributed by atoms with Crippen LogP contribution in [-0.4, -0.2) is 96.0 Å². The Morgan fingerprint density at radius 3 is 2.04 bits per heavy atom. The Hall–Kier alpha value is -2.84. The first-order chi connectivity index (χ1) is 23.4. The molecule has 3 saturated carbocycles. The van der Waals surface area contributed by atoms with Gasteiger partial charge < -0.3 is 26.2 Å². The van der Waals surface area contributed by atoms with Gasteiger partial charge in [0, 0.05) is 19.0 Å². The summed E-state index contributed by atoms with van der Waals surface area (Å²) in [6.07, 6.45) is 1.47. The Kier molecular flexibility index (Phi) is 11.9. The number of piperidine rings is 1. The van der Waals surface area contributed by atoms with Gasteiger partial charge in [0.15, 0.2) is 9.84 Å². The monoisotopic (exact) mass is 743 g/mol. The molecule has 0 bridgehead atoms. The number of carbonyl (C=O) groups is 5. The second kappa shape index (κ2) is 14.9. The molecule has 1 saturated heterocycles. The summed E-state index contributed by atoms with van der Waals surface area (Å²) < 4.78 is 51.6. The number of amides is 5. The van der Waals surface area contributed by atoms with Crippen molar-refractivity contribution in [3.05, 3.63) is 0 Å². The number of urea groups is 1. The lowest BCUT2D eigenvalue weighted by atomic mass is 9.83. The molecule has 0 spiro atoms. The molecule has 5 amide bonds. The molecule has 4 fully saturated rings. The number of rotatable bonds is 14. The van der Waals surface area contributed by atoms with E-state index < -0.39 is 86.0 Å². The quantitative estimate of drug-likeness (QED) is 0.196. The molecule has 0 radical (unpaired) electrons. The molecule has 12 nitrogen and oxygen atoms in total. The highest BCUT2D eigenvalue weighted by molar-refractivity contribution is 7.92. The van der Waals surface area contributed by atoms with Crippen molar-refractivity contribution in [1.82, 2.24) is 26.2 Å². The van der Waals surface area contributed by atoms with Crippen LogP contribution in [0.2, 0.25) is 0 Å². The number of carbonyl (C=O) groups excluding carboxylic acids is 5. The summed E-state index contributed by atoms with van der Waals surface area (Å²) >= 11 is 0. The Labute approximate surface area is 301 Å². The molecule has 5 atom stereocenters. The van der Waals surface area contributed by atoms with Crippen LogP contribution >= 0.6 is 0 Å². The first-order valence-corrected chi connectivity index (χ1v) is 20.1. The SMILES string of the molecule is CC(C)(C)[C@H](NC(=O)NC1(CS(=O)(=O)C(C)(C)C)CCCCC1)C(=O)N1C[C@H]2[C@@H]([C@H]1C(=O)NC(CCCC(F)F)C(=O)C(=O)NC1CC1)C2(C)C.